The van der Waals surface area contributed by atoms with Crippen molar-refractivity contribution >= 4 is 0 Å². The highest BCUT2D eigenvalue weighted by Crippen LogP contribution is 2.43. The Morgan fingerprint density at radius 2 is 1.94 bits per heavy atom. The average molecular weight is 253 g/mol. The number of benzene rings is 1. The minimum Gasteiger partial charge on any atom is -0.496 e. The Balaban J connectivity index is 2.37. The molecule has 0 aromatic heterocycles. The molecule has 0 radical (unpaired) electrons. The first-order valence-electron chi connectivity index (χ1n) is 6.27. The third kappa shape index (κ3) is 2.22. The Labute approximate surface area is 107 Å². The molecule has 1 atom stereocenters. The van der Waals surface area contributed by atoms with Crippen LogP contribution in [-0.4, -0.2) is 19.8 Å². The number of rotatable bonds is 4. The van der Waals surface area contributed by atoms with E-state index >= 15 is 0 Å². The lowest BCUT2D eigenvalue weighted by Crippen LogP contribution is -2.40. The van der Waals surface area contributed by atoms with Gasteiger partial charge in [0.05, 0.1) is 18.8 Å². The predicted molar refractivity (Wildman–Crippen MR) is 68.1 cm³/mol. The van der Waals surface area contributed by atoms with E-state index in [1.54, 1.807) is 20.3 Å². The highest BCUT2D eigenvalue weighted by Gasteiger charge is 2.41. The lowest BCUT2D eigenvalue weighted by atomic mass is 9.87. The van der Waals surface area contributed by atoms with Crippen molar-refractivity contribution in [2.75, 3.05) is 14.2 Å². The van der Waals surface area contributed by atoms with Gasteiger partial charge in [0.25, 0.3) is 0 Å². The molecule has 3 nitrogen and oxygen atoms in total. The molecule has 1 aliphatic carbocycles. The van der Waals surface area contributed by atoms with Gasteiger partial charge >= 0.3 is 0 Å². The molecule has 0 spiro atoms. The summed E-state index contributed by atoms with van der Waals surface area (Å²) in [6, 6.07) is 4.07. The fourth-order valence-corrected chi connectivity index (χ4v) is 2.85. The van der Waals surface area contributed by atoms with Gasteiger partial charge < -0.3 is 15.2 Å². The van der Waals surface area contributed by atoms with E-state index in [4.69, 9.17) is 15.2 Å². The van der Waals surface area contributed by atoms with Crippen LogP contribution in [-0.2, 0) is 4.74 Å². The molecule has 1 aromatic rings. The summed E-state index contributed by atoms with van der Waals surface area (Å²) in [7, 11) is 3.24. The van der Waals surface area contributed by atoms with Crippen LogP contribution in [0, 0.1) is 5.82 Å². The highest BCUT2D eigenvalue weighted by atomic mass is 19.1. The molecule has 1 fully saturated rings. The summed E-state index contributed by atoms with van der Waals surface area (Å²) in [5.74, 6) is 0.317. The zero-order valence-corrected chi connectivity index (χ0v) is 10.9. The van der Waals surface area contributed by atoms with E-state index in [2.05, 4.69) is 0 Å². The summed E-state index contributed by atoms with van der Waals surface area (Å²) in [6.45, 7) is 0. The molecular weight excluding hydrogens is 233 g/mol. The third-order valence-electron chi connectivity index (χ3n) is 3.95. The van der Waals surface area contributed by atoms with Crippen LogP contribution in [0.25, 0.3) is 0 Å². The number of halogens is 1. The maximum absolute atomic E-state index is 13.4. The first-order valence-corrected chi connectivity index (χ1v) is 6.27. The van der Waals surface area contributed by atoms with Gasteiger partial charge in [-0.05, 0) is 31.0 Å². The summed E-state index contributed by atoms with van der Waals surface area (Å²) >= 11 is 0. The molecule has 0 aliphatic heterocycles. The maximum atomic E-state index is 13.4. The molecule has 1 aliphatic rings. The van der Waals surface area contributed by atoms with Gasteiger partial charge in [0.15, 0.2) is 0 Å². The van der Waals surface area contributed by atoms with E-state index in [1.165, 1.54) is 12.1 Å². The van der Waals surface area contributed by atoms with Crippen LogP contribution in [0.5, 0.6) is 5.75 Å². The first-order chi connectivity index (χ1) is 8.63. The summed E-state index contributed by atoms with van der Waals surface area (Å²) in [4.78, 5) is 0. The zero-order valence-electron chi connectivity index (χ0n) is 10.9. The Morgan fingerprint density at radius 1 is 1.28 bits per heavy atom. The van der Waals surface area contributed by atoms with E-state index < -0.39 is 0 Å². The number of ether oxygens (including phenoxy) is 2. The minimum atomic E-state index is -0.388. The molecule has 100 valence electrons. The molecule has 18 heavy (non-hydrogen) atoms. The van der Waals surface area contributed by atoms with Crippen LogP contribution in [0.3, 0.4) is 0 Å². The van der Waals surface area contributed by atoms with Gasteiger partial charge in [0.1, 0.15) is 11.6 Å². The molecule has 0 heterocycles. The van der Waals surface area contributed by atoms with E-state index in [-0.39, 0.29) is 17.5 Å². The van der Waals surface area contributed by atoms with Crippen LogP contribution in [0.2, 0.25) is 0 Å². The van der Waals surface area contributed by atoms with Crippen molar-refractivity contribution in [3.8, 4) is 5.75 Å². The van der Waals surface area contributed by atoms with Crippen LogP contribution >= 0.6 is 0 Å². The highest BCUT2D eigenvalue weighted by molar-refractivity contribution is 5.38. The Kier molecular flexibility index (Phi) is 3.88. The zero-order chi connectivity index (χ0) is 13.2. The summed E-state index contributed by atoms with van der Waals surface area (Å²) in [5.41, 5.74) is 6.61. The van der Waals surface area contributed by atoms with Crippen molar-refractivity contribution in [3.05, 3.63) is 29.6 Å². The molecule has 0 bridgehead atoms. The number of methoxy groups -OCH3 is 2. The second-order valence-corrected chi connectivity index (χ2v) is 4.84. The molecule has 0 amide bonds. The quantitative estimate of drug-likeness (QED) is 0.897. The third-order valence-corrected chi connectivity index (χ3v) is 3.95. The summed E-state index contributed by atoms with van der Waals surface area (Å²) in [6.07, 6.45) is 4.01. The second-order valence-electron chi connectivity index (χ2n) is 4.84. The SMILES string of the molecule is COc1ccc(F)cc1C(N)C1(OC)CCCC1. The molecule has 4 heteroatoms. The standard InChI is InChI=1S/C14H20FNO2/c1-17-12-6-5-10(15)9-11(12)13(16)14(18-2)7-3-4-8-14/h5-6,9,13H,3-4,7-8,16H2,1-2H3. The fourth-order valence-electron chi connectivity index (χ4n) is 2.85. The average Bonchev–Trinajstić information content (AvgIpc) is 2.87. The van der Waals surface area contributed by atoms with Crippen molar-refractivity contribution < 1.29 is 13.9 Å². The Bertz CT molecular complexity index is 416. The van der Waals surface area contributed by atoms with Gasteiger partial charge in [-0.25, -0.2) is 4.39 Å². The monoisotopic (exact) mass is 253 g/mol. The van der Waals surface area contributed by atoms with E-state index in [1.807, 2.05) is 0 Å². The molecule has 2 N–H and O–H groups in total. The summed E-state index contributed by atoms with van der Waals surface area (Å²) < 4.78 is 24.3. The first kappa shape index (κ1) is 13.3. The predicted octanol–water partition coefficient (Wildman–Crippen LogP) is 2.79. The van der Waals surface area contributed by atoms with Crippen molar-refractivity contribution in [1.29, 1.82) is 0 Å². The van der Waals surface area contributed by atoms with Crippen molar-refractivity contribution in [2.24, 2.45) is 5.73 Å². The Hall–Kier alpha value is -1.13. The second kappa shape index (κ2) is 5.24. The minimum absolute atomic E-state index is 0.300. The van der Waals surface area contributed by atoms with Gasteiger partial charge in [-0.1, -0.05) is 12.8 Å². The van der Waals surface area contributed by atoms with E-state index in [0.29, 0.717) is 11.3 Å². The van der Waals surface area contributed by atoms with E-state index in [9.17, 15) is 4.39 Å². The van der Waals surface area contributed by atoms with Gasteiger partial charge in [0.2, 0.25) is 0 Å². The lowest BCUT2D eigenvalue weighted by Gasteiger charge is -2.34. The largest absolute Gasteiger partial charge is 0.496 e. The van der Waals surface area contributed by atoms with Crippen molar-refractivity contribution in [3.63, 3.8) is 0 Å². The van der Waals surface area contributed by atoms with E-state index in [0.717, 1.165) is 25.7 Å². The topological polar surface area (TPSA) is 44.5 Å². The Morgan fingerprint density at radius 3 is 2.50 bits per heavy atom. The molecular formula is C14H20FNO2. The fraction of sp³-hybridized carbons (Fsp3) is 0.571. The molecule has 1 unspecified atom stereocenters. The number of nitrogens with two attached hydrogens (primary N) is 1. The van der Waals surface area contributed by atoms with Crippen LogP contribution in [0.1, 0.15) is 37.3 Å². The van der Waals surface area contributed by atoms with Gasteiger partial charge in [-0.2, -0.15) is 0 Å². The number of hydrogen-bond donors (Lipinski definition) is 1. The number of hydrogen-bond acceptors (Lipinski definition) is 3. The van der Waals surface area contributed by atoms with Crippen molar-refractivity contribution in [1.82, 2.24) is 0 Å². The van der Waals surface area contributed by atoms with Gasteiger partial charge in [-0.3, -0.25) is 0 Å². The molecule has 1 saturated carbocycles. The molecule has 2 rings (SSSR count). The van der Waals surface area contributed by atoms with Crippen LogP contribution < -0.4 is 10.5 Å². The van der Waals surface area contributed by atoms with Crippen LogP contribution in [0.4, 0.5) is 4.39 Å². The normalized spacial score (nSPS) is 19.8. The lowest BCUT2D eigenvalue weighted by molar-refractivity contribution is -0.0269. The molecule has 1 aromatic carbocycles. The molecule has 0 saturated heterocycles. The van der Waals surface area contributed by atoms with Gasteiger partial charge in [-0.15, -0.1) is 0 Å². The van der Waals surface area contributed by atoms with Gasteiger partial charge in [0, 0.05) is 12.7 Å². The smallest absolute Gasteiger partial charge is 0.123 e. The van der Waals surface area contributed by atoms with Crippen LogP contribution in [0.15, 0.2) is 18.2 Å². The van der Waals surface area contributed by atoms with Crippen molar-refractivity contribution in [2.45, 2.75) is 37.3 Å². The maximum Gasteiger partial charge on any atom is 0.123 e. The summed E-state index contributed by atoms with van der Waals surface area (Å²) in [5, 5.41) is 0.